The summed E-state index contributed by atoms with van der Waals surface area (Å²) in [5.74, 6) is -1.08. The first-order valence-corrected chi connectivity index (χ1v) is 11.0. The van der Waals surface area contributed by atoms with E-state index in [1.165, 1.54) is 18.2 Å². The highest BCUT2D eigenvalue weighted by Crippen LogP contribution is 2.35. The summed E-state index contributed by atoms with van der Waals surface area (Å²) in [4.78, 5) is -0.199. The third-order valence-electron chi connectivity index (χ3n) is 5.23. The molecule has 0 unspecified atom stereocenters. The molecule has 2 aromatic heterocycles. The molecule has 13 heteroatoms. The summed E-state index contributed by atoms with van der Waals surface area (Å²) in [6, 6.07) is 4.63. The van der Waals surface area contributed by atoms with Crippen molar-refractivity contribution < 1.29 is 17.4 Å². The van der Waals surface area contributed by atoms with E-state index < -0.39 is 27.8 Å². The Morgan fingerprint density at radius 1 is 1.16 bits per heavy atom. The van der Waals surface area contributed by atoms with Crippen molar-refractivity contribution in [2.24, 2.45) is 0 Å². The first kappa shape index (κ1) is 21.3. The first-order valence-electron chi connectivity index (χ1n) is 9.12. The molecule has 2 N–H and O–H groups in total. The molecule has 31 heavy (non-hydrogen) atoms. The molecule has 0 saturated carbocycles. The molecular weight excluding hydrogens is 449 g/mol. The van der Waals surface area contributed by atoms with Gasteiger partial charge in [-0.15, -0.1) is 10.2 Å². The molecular formula is C18H17ClFN7O3S. The van der Waals surface area contributed by atoms with E-state index >= 15 is 0 Å². The number of hydrogen-bond acceptors (Lipinski definition) is 8. The number of benzene rings is 2. The highest BCUT2D eigenvalue weighted by atomic mass is 35.5. The van der Waals surface area contributed by atoms with Gasteiger partial charge in [-0.3, -0.25) is 0 Å². The third kappa shape index (κ3) is 3.77. The van der Waals surface area contributed by atoms with Crippen LogP contribution in [0.2, 0.25) is 5.02 Å². The van der Waals surface area contributed by atoms with Crippen LogP contribution >= 0.6 is 11.6 Å². The van der Waals surface area contributed by atoms with Crippen LogP contribution in [0.3, 0.4) is 0 Å². The van der Waals surface area contributed by atoms with Crippen molar-refractivity contribution in [3.05, 3.63) is 57.6 Å². The van der Waals surface area contributed by atoms with E-state index in [4.69, 9.17) is 11.6 Å². The molecule has 0 aliphatic heterocycles. The van der Waals surface area contributed by atoms with Crippen LogP contribution in [-0.2, 0) is 10.0 Å². The van der Waals surface area contributed by atoms with Crippen LogP contribution in [-0.4, -0.2) is 39.4 Å². The Morgan fingerprint density at radius 2 is 1.90 bits per heavy atom. The number of aromatic nitrogens is 6. The molecule has 0 aliphatic rings. The maximum atomic E-state index is 14.8. The second-order valence-electron chi connectivity index (χ2n) is 7.07. The van der Waals surface area contributed by atoms with Gasteiger partial charge < -0.3 is 0 Å². The van der Waals surface area contributed by atoms with Gasteiger partial charge in [-0.25, -0.2) is 17.4 Å². The molecule has 0 saturated heterocycles. The van der Waals surface area contributed by atoms with Crippen LogP contribution in [0.1, 0.15) is 41.4 Å². The Bertz CT molecular complexity index is 1360. The maximum absolute atomic E-state index is 14.8. The Balaban J connectivity index is 1.81. The summed E-state index contributed by atoms with van der Waals surface area (Å²) in [6.07, 6.45) is 0. The number of aryl methyl sites for hydroxylation is 1. The van der Waals surface area contributed by atoms with Gasteiger partial charge >= 0.3 is 0 Å². The topological polar surface area (TPSA) is 140 Å². The maximum Gasteiger partial charge on any atom is 0.243 e. The number of nitrogens with one attached hydrogen (secondary N) is 2. The van der Waals surface area contributed by atoms with E-state index in [9.17, 15) is 12.8 Å². The van der Waals surface area contributed by atoms with Crippen LogP contribution in [0, 0.1) is 19.7 Å². The Hall–Kier alpha value is -2.96. The van der Waals surface area contributed by atoms with E-state index in [-0.39, 0.29) is 26.8 Å². The fraction of sp³-hybridized carbons (Fsp3) is 0.278. The van der Waals surface area contributed by atoms with Crippen molar-refractivity contribution in [1.82, 2.24) is 35.7 Å². The van der Waals surface area contributed by atoms with Gasteiger partial charge in [0.05, 0.1) is 11.1 Å². The summed E-state index contributed by atoms with van der Waals surface area (Å²) in [5, 5.41) is 21.2. The second-order valence-corrected chi connectivity index (χ2v) is 9.16. The summed E-state index contributed by atoms with van der Waals surface area (Å²) >= 11 is 6.04. The first-order chi connectivity index (χ1) is 14.7. The third-order valence-corrected chi connectivity index (χ3v) is 7.01. The molecule has 162 valence electrons. The van der Waals surface area contributed by atoms with Crippen molar-refractivity contribution in [1.29, 1.82) is 0 Å². The van der Waals surface area contributed by atoms with Gasteiger partial charge in [-0.05, 0) is 59.1 Å². The lowest BCUT2D eigenvalue weighted by Crippen LogP contribution is -2.33. The monoisotopic (exact) mass is 465 g/mol. The van der Waals surface area contributed by atoms with Crippen LogP contribution in [0.25, 0.3) is 11.0 Å². The fourth-order valence-electron chi connectivity index (χ4n) is 3.47. The summed E-state index contributed by atoms with van der Waals surface area (Å²) in [6.45, 7) is 5.31. The summed E-state index contributed by atoms with van der Waals surface area (Å²) in [7, 11) is -4.20. The number of sulfonamides is 1. The van der Waals surface area contributed by atoms with Crippen molar-refractivity contribution in [3.63, 3.8) is 0 Å². The number of hydrogen-bond donors (Lipinski definition) is 2. The molecule has 0 radical (unpaired) electrons. The largest absolute Gasteiger partial charge is 0.243 e. The fourth-order valence-corrected chi connectivity index (χ4v) is 5.06. The van der Waals surface area contributed by atoms with E-state index in [0.29, 0.717) is 11.1 Å². The lowest BCUT2D eigenvalue weighted by atomic mass is 9.88. The van der Waals surface area contributed by atoms with Gasteiger partial charge in [0.25, 0.3) is 0 Å². The minimum atomic E-state index is -4.20. The molecule has 0 spiro atoms. The van der Waals surface area contributed by atoms with Crippen LogP contribution in [0.4, 0.5) is 4.39 Å². The minimum absolute atomic E-state index is 0.0302. The molecule has 10 nitrogen and oxygen atoms in total. The molecule has 4 aromatic rings. The standard InChI is InChI=1S/C18H17ClFN7O3S/c1-8-4-6-12(20)14(9(8)2)10(3)15(18-21-26-27-22-18)25-31(28,29)13-7-5-11(19)16-17(13)24-30-23-16/h4-7,10,15,25H,1-3H3,(H,21,22,26,27)/t10-,15+/m1/s1. The molecule has 2 atom stereocenters. The highest BCUT2D eigenvalue weighted by Gasteiger charge is 2.34. The summed E-state index contributed by atoms with van der Waals surface area (Å²) < 4.78 is 48.6. The number of halogens is 2. The predicted octanol–water partition coefficient (Wildman–Crippen LogP) is 2.97. The average Bonchev–Trinajstić information content (AvgIpc) is 3.41. The van der Waals surface area contributed by atoms with Gasteiger partial charge in [-0.1, -0.05) is 29.8 Å². The zero-order valence-corrected chi connectivity index (χ0v) is 18.2. The van der Waals surface area contributed by atoms with E-state index in [2.05, 4.69) is 40.3 Å². The molecule has 0 aliphatic carbocycles. The zero-order valence-electron chi connectivity index (χ0n) is 16.6. The lowest BCUT2D eigenvalue weighted by Gasteiger charge is -2.25. The molecule has 2 aromatic carbocycles. The van der Waals surface area contributed by atoms with Crippen LogP contribution in [0.15, 0.2) is 33.8 Å². The Kier molecular flexibility index (Phi) is 5.45. The quantitative estimate of drug-likeness (QED) is 0.443. The van der Waals surface area contributed by atoms with E-state index in [1.807, 2.05) is 6.92 Å². The van der Waals surface area contributed by atoms with Gasteiger partial charge in [0, 0.05) is 5.92 Å². The van der Waals surface area contributed by atoms with Gasteiger partial charge in [-0.2, -0.15) is 9.94 Å². The average molecular weight is 466 g/mol. The highest BCUT2D eigenvalue weighted by molar-refractivity contribution is 7.89. The molecule has 0 fully saturated rings. The summed E-state index contributed by atoms with van der Waals surface area (Å²) in [5.41, 5.74) is 1.99. The number of H-pyrrole nitrogens is 1. The van der Waals surface area contributed by atoms with Gasteiger partial charge in [0.15, 0.2) is 16.9 Å². The number of rotatable bonds is 6. The van der Waals surface area contributed by atoms with Crippen molar-refractivity contribution in [2.75, 3.05) is 0 Å². The van der Waals surface area contributed by atoms with Crippen molar-refractivity contribution in [2.45, 2.75) is 37.6 Å². The van der Waals surface area contributed by atoms with Crippen LogP contribution < -0.4 is 4.72 Å². The van der Waals surface area contributed by atoms with Crippen molar-refractivity contribution in [3.8, 4) is 0 Å². The van der Waals surface area contributed by atoms with E-state index in [0.717, 1.165) is 5.56 Å². The van der Waals surface area contributed by atoms with Crippen LogP contribution in [0.5, 0.6) is 0 Å². The van der Waals surface area contributed by atoms with Gasteiger partial charge in [0.1, 0.15) is 10.7 Å². The molecule has 2 heterocycles. The van der Waals surface area contributed by atoms with Crippen molar-refractivity contribution >= 4 is 32.7 Å². The molecule has 0 bridgehead atoms. The zero-order chi connectivity index (χ0) is 22.3. The minimum Gasteiger partial charge on any atom is -0.243 e. The lowest BCUT2D eigenvalue weighted by molar-refractivity contribution is 0.315. The number of aromatic amines is 1. The Morgan fingerprint density at radius 3 is 2.61 bits per heavy atom. The predicted molar refractivity (Wildman–Crippen MR) is 108 cm³/mol. The molecule has 4 rings (SSSR count). The van der Waals surface area contributed by atoms with E-state index in [1.54, 1.807) is 19.9 Å². The second kappa shape index (κ2) is 7.94. The Labute approximate surface area is 181 Å². The number of tetrazole rings is 1. The normalized spacial score (nSPS) is 14.1. The smallest absolute Gasteiger partial charge is 0.243 e. The number of nitrogens with zero attached hydrogens (tertiary/aromatic N) is 5. The molecule has 0 amide bonds. The number of fused-ring (bicyclic) bond motifs is 1. The van der Waals surface area contributed by atoms with Gasteiger partial charge in [0.2, 0.25) is 10.0 Å². The SMILES string of the molecule is Cc1ccc(F)c([C@@H](C)[C@H](NS(=O)(=O)c2ccc(Cl)c3nonc23)c2nn[nH]n2)c1C.